The molecule has 0 radical (unpaired) electrons. The summed E-state index contributed by atoms with van der Waals surface area (Å²) in [7, 11) is -2.38. The van der Waals surface area contributed by atoms with Crippen LogP contribution in [0.3, 0.4) is 0 Å². The van der Waals surface area contributed by atoms with Gasteiger partial charge in [-0.05, 0) is 6.42 Å². The summed E-state index contributed by atoms with van der Waals surface area (Å²) in [4.78, 5) is 0. The zero-order chi connectivity index (χ0) is 10.4. The van der Waals surface area contributed by atoms with Crippen molar-refractivity contribution < 1.29 is 5.11 Å². The first-order valence-electron chi connectivity index (χ1n) is 5.06. The Balaban J connectivity index is 3.05. The second-order valence-corrected chi connectivity index (χ2v) is 16.3. The quantitative estimate of drug-likeness (QED) is 0.701. The van der Waals surface area contributed by atoms with E-state index in [-0.39, 0.29) is 6.10 Å². The van der Waals surface area contributed by atoms with Gasteiger partial charge in [0.25, 0.3) is 0 Å². The Bertz CT molecular complexity index is 243. The van der Waals surface area contributed by atoms with Crippen molar-refractivity contribution in [2.75, 3.05) is 0 Å². The molecule has 0 saturated carbocycles. The van der Waals surface area contributed by atoms with Crippen molar-refractivity contribution in [2.24, 2.45) is 0 Å². The molecule has 0 saturated heterocycles. The third-order valence-corrected chi connectivity index (χ3v) is 7.55. The Morgan fingerprint density at radius 2 is 1.46 bits per heavy atom. The largest absolute Gasteiger partial charge is 0.389 e. The highest BCUT2D eigenvalue weighted by molar-refractivity contribution is 6.90. The van der Waals surface area contributed by atoms with Crippen LogP contribution >= 0.6 is 0 Å². The van der Waals surface area contributed by atoms with Gasteiger partial charge in [-0.25, -0.2) is 0 Å². The molecule has 0 aromatic carbocycles. The van der Waals surface area contributed by atoms with Gasteiger partial charge in [-0.3, -0.25) is 0 Å². The zero-order valence-electron chi connectivity index (χ0n) is 9.73. The van der Waals surface area contributed by atoms with Crippen LogP contribution in [0.1, 0.15) is 6.42 Å². The molecule has 1 aliphatic rings. The molecular formula is C10H22OSi2. The maximum Gasteiger partial charge on any atom is 0.0752 e. The van der Waals surface area contributed by atoms with E-state index in [9.17, 15) is 5.11 Å². The highest BCUT2D eigenvalue weighted by Gasteiger charge is 2.41. The molecule has 1 rings (SSSR count). The minimum absolute atomic E-state index is 0.0895. The molecule has 0 aliphatic heterocycles. The van der Waals surface area contributed by atoms with Gasteiger partial charge in [-0.1, -0.05) is 49.7 Å². The van der Waals surface area contributed by atoms with Gasteiger partial charge >= 0.3 is 0 Å². The topological polar surface area (TPSA) is 20.2 Å². The predicted octanol–water partition coefficient (Wildman–Crippen LogP) is 2.80. The fourth-order valence-corrected chi connectivity index (χ4v) is 8.28. The summed E-state index contributed by atoms with van der Waals surface area (Å²) in [6.07, 6.45) is 0.878. The summed E-state index contributed by atoms with van der Waals surface area (Å²) in [5.74, 6) is 0. The van der Waals surface area contributed by atoms with Gasteiger partial charge < -0.3 is 5.11 Å². The standard InChI is InChI=1S/C10H22OSi2/c1-12(2,3)9-7-8(11)10(9)13(4,5)6/h8,11H,7H2,1-6H3. The van der Waals surface area contributed by atoms with Crippen LogP contribution in [0.2, 0.25) is 39.3 Å². The van der Waals surface area contributed by atoms with Crippen LogP contribution in [0.25, 0.3) is 0 Å². The molecule has 76 valence electrons. The average molecular weight is 214 g/mol. The zero-order valence-corrected chi connectivity index (χ0v) is 11.7. The first-order valence-corrected chi connectivity index (χ1v) is 12.1. The van der Waals surface area contributed by atoms with Crippen molar-refractivity contribution >= 4 is 16.1 Å². The normalized spacial score (nSPS) is 24.7. The molecule has 13 heavy (non-hydrogen) atoms. The van der Waals surface area contributed by atoms with Gasteiger partial charge in [-0.15, -0.1) is 0 Å². The molecule has 0 spiro atoms. The van der Waals surface area contributed by atoms with Crippen molar-refractivity contribution in [2.45, 2.75) is 51.8 Å². The van der Waals surface area contributed by atoms with Crippen LogP contribution in [0, 0.1) is 0 Å². The second-order valence-electron chi connectivity index (χ2n) is 6.11. The lowest BCUT2D eigenvalue weighted by molar-refractivity contribution is 0.199. The molecule has 1 nitrogen and oxygen atoms in total. The van der Waals surface area contributed by atoms with Crippen LogP contribution in [-0.4, -0.2) is 27.4 Å². The maximum atomic E-state index is 9.78. The van der Waals surface area contributed by atoms with Gasteiger partial charge in [-0.2, -0.15) is 0 Å². The van der Waals surface area contributed by atoms with Crippen LogP contribution < -0.4 is 0 Å². The molecule has 1 aliphatic carbocycles. The van der Waals surface area contributed by atoms with Crippen LogP contribution in [0.4, 0.5) is 0 Å². The van der Waals surface area contributed by atoms with Gasteiger partial charge in [0.2, 0.25) is 0 Å². The Labute approximate surface area is 83.9 Å². The van der Waals surface area contributed by atoms with E-state index in [1.165, 1.54) is 5.20 Å². The van der Waals surface area contributed by atoms with Crippen LogP contribution in [0.15, 0.2) is 10.4 Å². The molecule has 1 atom stereocenters. The minimum Gasteiger partial charge on any atom is -0.389 e. The highest BCUT2D eigenvalue weighted by atomic mass is 28.3. The third-order valence-electron chi connectivity index (χ3n) is 2.77. The summed E-state index contributed by atoms with van der Waals surface area (Å²) >= 11 is 0. The van der Waals surface area contributed by atoms with E-state index in [1.807, 2.05) is 0 Å². The molecule has 0 fully saturated rings. The molecule has 1 unspecified atom stereocenters. The summed E-state index contributed by atoms with van der Waals surface area (Å²) < 4.78 is 0. The van der Waals surface area contributed by atoms with Crippen molar-refractivity contribution in [3.8, 4) is 0 Å². The van der Waals surface area contributed by atoms with Crippen LogP contribution in [-0.2, 0) is 0 Å². The average Bonchev–Trinajstić information content (AvgIpc) is 1.75. The lowest BCUT2D eigenvalue weighted by Gasteiger charge is -2.42. The number of aliphatic hydroxyl groups excluding tert-OH is 1. The number of rotatable bonds is 2. The van der Waals surface area contributed by atoms with E-state index in [1.54, 1.807) is 5.20 Å². The molecular weight excluding hydrogens is 192 g/mol. The van der Waals surface area contributed by atoms with E-state index in [0.29, 0.717) is 0 Å². The SMILES string of the molecule is C[Si](C)(C)C1=C([Si](C)(C)C)C(O)C1. The molecule has 0 aromatic heterocycles. The van der Waals surface area contributed by atoms with Crippen molar-refractivity contribution in [3.63, 3.8) is 0 Å². The smallest absolute Gasteiger partial charge is 0.0752 e. The monoisotopic (exact) mass is 214 g/mol. The number of aliphatic hydroxyl groups is 1. The second kappa shape index (κ2) is 3.07. The Morgan fingerprint density at radius 1 is 1.00 bits per heavy atom. The molecule has 0 heterocycles. The first-order chi connectivity index (χ1) is 5.64. The molecule has 1 N–H and O–H groups in total. The summed E-state index contributed by atoms with van der Waals surface area (Å²) in [6.45, 7) is 14.2. The van der Waals surface area contributed by atoms with E-state index in [0.717, 1.165) is 6.42 Å². The van der Waals surface area contributed by atoms with Gasteiger partial charge in [0.05, 0.1) is 22.3 Å². The van der Waals surface area contributed by atoms with E-state index in [4.69, 9.17) is 0 Å². The van der Waals surface area contributed by atoms with Crippen LogP contribution in [0.5, 0.6) is 0 Å². The minimum atomic E-state index is -1.25. The van der Waals surface area contributed by atoms with Gasteiger partial charge in [0.15, 0.2) is 0 Å². The summed E-state index contributed by atoms with van der Waals surface area (Å²) in [5, 5.41) is 12.9. The Hall–Kier alpha value is 0.134. The third kappa shape index (κ3) is 2.14. The van der Waals surface area contributed by atoms with E-state index in [2.05, 4.69) is 39.3 Å². The van der Waals surface area contributed by atoms with Crippen molar-refractivity contribution in [3.05, 3.63) is 10.4 Å². The number of hydrogen-bond donors (Lipinski definition) is 1. The van der Waals surface area contributed by atoms with E-state index >= 15 is 0 Å². The fraction of sp³-hybridized carbons (Fsp3) is 0.800. The van der Waals surface area contributed by atoms with E-state index < -0.39 is 16.1 Å². The van der Waals surface area contributed by atoms with Crippen molar-refractivity contribution in [1.82, 2.24) is 0 Å². The maximum absolute atomic E-state index is 9.78. The number of hydrogen-bond acceptors (Lipinski definition) is 1. The predicted molar refractivity (Wildman–Crippen MR) is 64.3 cm³/mol. The highest BCUT2D eigenvalue weighted by Crippen LogP contribution is 2.40. The van der Waals surface area contributed by atoms with Crippen molar-refractivity contribution in [1.29, 1.82) is 0 Å². The van der Waals surface area contributed by atoms with Gasteiger partial charge in [0.1, 0.15) is 0 Å². The lowest BCUT2D eigenvalue weighted by atomic mass is 10.1. The molecule has 0 amide bonds. The summed E-state index contributed by atoms with van der Waals surface area (Å²) in [6, 6.07) is 0. The fourth-order valence-electron chi connectivity index (χ4n) is 2.14. The summed E-state index contributed by atoms with van der Waals surface area (Å²) in [5.41, 5.74) is 0. The lowest BCUT2D eigenvalue weighted by Crippen LogP contribution is -2.46. The Morgan fingerprint density at radius 3 is 1.62 bits per heavy atom. The Kier molecular flexibility index (Phi) is 2.65. The molecule has 0 aromatic rings. The van der Waals surface area contributed by atoms with Gasteiger partial charge in [0, 0.05) is 0 Å². The molecule has 0 bridgehead atoms. The molecule has 3 heteroatoms. The first kappa shape index (κ1) is 11.2.